The quantitative estimate of drug-likeness (QED) is 0.407. The zero-order valence-corrected chi connectivity index (χ0v) is 16.6. The molecule has 2 aromatic rings. The molecular formula is C20H19N3O6S. The van der Waals surface area contributed by atoms with Gasteiger partial charge in [-0.25, -0.2) is 8.42 Å². The van der Waals surface area contributed by atoms with Crippen LogP contribution in [-0.2, 0) is 14.6 Å². The lowest BCUT2D eigenvalue weighted by atomic mass is 10.1. The number of nitro benzene ring substituents is 1. The summed E-state index contributed by atoms with van der Waals surface area (Å²) in [7, 11) is -3.18. The van der Waals surface area contributed by atoms with Crippen LogP contribution in [0.2, 0.25) is 0 Å². The monoisotopic (exact) mass is 429 g/mol. The molecule has 30 heavy (non-hydrogen) atoms. The van der Waals surface area contributed by atoms with Crippen LogP contribution in [0.15, 0.2) is 60.3 Å². The molecule has 1 atom stereocenters. The van der Waals surface area contributed by atoms with Crippen molar-refractivity contribution in [1.29, 1.82) is 0 Å². The number of carbonyl (C=O) groups excluding carboxylic acids is 2. The van der Waals surface area contributed by atoms with Crippen LogP contribution in [0, 0.1) is 10.1 Å². The van der Waals surface area contributed by atoms with E-state index in [1.807, 2.05) is 0 Å². The first-order valence-electron chi connectivity index (χ1n) is 9.07. The molecule has 9 nitrogen and oxygen atoms in total. The molecule has 0 radical (unpaired) electrons. The Kier molecular flexibility index (Phi) is 6.26. The van der Waals surface area contributed by atoms with Crippen LogP contribution < -0.4 is 10.6 Å². The summed E-state index contributed by atoms with van der Waals surface area (Å²) in [5.41, 5.74) is 0.571. The molecule has 2 N–H and O–H groups in total. The standard InChI is InChI=1S/C20H19N3O6S/c24-19(15-6-8-17(9-7-15)23(26)27)22-18(12-14-4-2-1-3-5-14)20(25)21-16-10-11-30(28,29)13-16/h1-9,12,16H,10-11,13H2,(H,21,25)(H,22,24)/b18-12+/t16-/m1/s1. The third kappa shape index (κ3) is 5.51. The van der Waals surface area contributed by atoms with Crippen LogP contribution in [-0.4, -0.2) is 42.7 Å². The maximum atomic E-state index is 12.7. The van der Waals surface area contributed by atoms with Crippen molar-refractivity contribution in [3.8, 4) is 0 Å². The topological polar surface area (TPSA) is 135 Å². The van der Waals surface area contributed by atoms with E-state index in [2.05, 4.69) is 10.6 Å². The largest absolute Gasteiger partial charge is 0.347 e. The average Bonchev–Trinajstić information content (AvgIpc) is 3.06. The van der Waals surface area contributed by atoms with Crippen LogP contribution in [0.1, 0.15) is 22.3 Å². The van der Waals surface area contributed by atoms with Gasteiger partial charge in [-0.05, 0) is 30.2 Å². The van der Waals surface area contributed by atoms with E-state index >= 15 is 0 Å². The number of nitro groups is 1. The average molecular weight is 429 g/mol. The van der Waals surface area contributed by atoms with Crippen LogP contribution in [0.3, 0.4) is 0 Å². The summed E-state index contributed by atoms with van der Waals surface area (Å²) in [6.45, 7) is 0. The van der Waals surface area contributed by atoms with E-state index in [-0.39, 0.29) is 28.5 Å². The molecule has 1 aliphatic rings. The van der Waals surface area contributed by atoms with Crippen LogP contribution in [0.4, 0.5) is 5.69 Å². The molecule has 0 saturated carbocycles. The Bertz CT molecular complexity index is 1100. The van der Waals surface area contributed by atoms with Gasteiger partial charge in [0.2, 0.25) is 0 Å². The molecule has 10 heteroatoms. The Labute approximate surface area is 172 Å². The third-order valence-electron chi connectivity index (χ3n) is 4.51. The number of nitrogens with zero attached hydrogens (tertiary/aromatic N) is 1. The summed E-state index contributed by atoms with van der Waals surface area (Å²) in [5, 5.41) is 15.9. The fourth-order valence-electron chi connectivity index (χ4n) is 2.98. The molecular weight excluding hydrogens is 410 g/mol. The van der Waals surface area contributed by atoms with Crippen molar-refractivity contribution in [3.63, 3.8) is 0 Å². The maximum Gasteiger partial charge on any atom is 0.269 e. The first-order valence-corrected chi connectivity index (χ1v) is 10.9. The fraction of sp³-hybridized carbons (Fsp3) is 0.200. The number of hydrogen-bond acceptors (Lipinski definition) is 6. The van der Waals surface area contributed by atoms with E-state index in [0.29, 0.717) is 12.0 Å². The van der Waals surface area contributed by atoms with Gasteiger partial charge in [-0.3, -0.25) is 19.7 Å². The lowest BCUT2D eigenvalue weighted by molar-refractivity contribution is -0.384. The normalized spacial score (nSPS) is 17.9. The summed E-state index contributed by atoms with van der Waals surface area (Å²) in [6, 6.07) is 13.2. The lowest BCUT2D eigenvalue weighted by Crippen LogP contribution is -2.41. The molecule has 1 saturated heterocycles. The molecule has 2 aromatic carbocycles. The fourth-order valence-corrected chi connectivity index (χ4v) is 4.65. The predicted molar refractivity (Wildman–Crippen MR) is 110 cm³/mol. The molecule has 156 valence electrons. The van der Waals surface area contributed by atoms with E-state index in [1.54, 1.807) is 30.3 Å². The van der Waals surface area contributed by atoms with Gasteiger partial charge in [0, 0.05) is 23.7 Å². The minimum absolute atomic E-state index is 0.00480. The number of hydrogen-bond donors (Lipinski definition) is 2. The van der Waals surface area contributed by atoms with Crippen molar-refractivity contribution in [2.24, 2.45) is 0 Å². The van der Waals surface area contributed by atoms with Crippen molar-refractivity contribution in [1.82, 2.24) is 10.6 Å². The molecule has 0 aromatic heterocycles. The van der Waals surface area contributed by atoms with E-state index in [9.17, 15) is 28.1 Å². The molecule has 1 aliphatic heterocycles. The zero-order valence-electron chi connectivity index (χ0n) is 15.8. The first kappa shape index (κ1) is 21.2. The highest BCUT2D eigenvalue weighted by atomic mass is 32.2. The summed E-state index contributed by atoms with van der Waals surface area (Å²) in [6.07, 6.45) is 1.78. The molecule has 3 rings (SSSR count). The SMILES string of the molecule is O=C(N[C@@H]1CCS(=O)(=O)C1)/C(=C\c1ccccc1)NC(=O)c1ccc([N+](=O)[O-])cc1. The molecule has 1 fully saturated rings. The predicted octanol–water partition coefficient (Wildman–Crippen LogP) is 1.67. The van der Waals surface area contributed by atoms with E-state index in [0.717, 1.165) is 0 Å². The highest BCUT2D eigenvalue weighted by molar-refractivity contribution is 7.91. The number of nitrogens with one attached hydrogen (secondary N) is 2. The van der Waals surface area contributed by atoms with Gasteiger partial charge < -0.3 is 10.6 Å². The van der Waals surface area contributed by atoms with Crippen LogP contribution in [0.25, 0.3) is 6.08 Å². The lowest BCUT2D eigenvalue weighted by Gasteiger charge is -2.14. The second-order valence-electron chi connectivity index (χ2n) is 6.80. The smallest absolute Gasteiger partial charge is 0.269 e. The van der Waals surface area contributed by atoms with Crippen molar-refractivity contribution in [2.45, 2.75) is 12.5 Å². The van der Waals surface area contributed by atoms with Crippen molar-refractivity contribution in [3.05, 3.63) is 81.5 Å². The molecule has 2 amide bonds. The highest BCUT2D eigenvalue weighted by Gasteiger charge is 2.30. The van der Waals surface area contributed by atoms with Gasteiger partial charge >= 0.3 is 0 Å². The molecule has 0 spiro atoms. The molecule has 0 bridgehead atoms. The maximum absolute atomic E-state index is 12.7. The molecule has 1 heterocycles. The Morgan fingerprint density at radius 1 is 1.07 bits per heavy atom. The minimum Gasteiger partial charge on any atom is -0.347 e. The van der Waals surface area contributed by atoms with Gasteiger partial charge in [0.15, 0.2) is 9.84 Å². The zero-order chi connectivity index (χ0) is 21.7. The van der Waals surface area contributed by atoms with Gasteiger partial charge in [0.1, 0.15) is 5.70 Å². The van der Waals surface area contributed by atoms with Crippen molar-refractivity contribution in [2.75, 3.05) is 11.5 Å². The van der Waals surface area contributed by atoms with Crippen molar-refractivity contribution >= 4 is 33.4 Å². The molecule has 0 aliphatic carbocycles. The van der Waals surface area contributed by atoms with E-state index in [1.165, 1.54) is 30.3 Å². The Morgan fingerprint density at radius 2 is 1.73 bits per heavy atom. The Hall–Kier alpha value is -3.53. The first-order chi connectivity index (χ1) is 14.2. The van der Waals surface area contributed by atoms with E-state index < -0.39 is 32.6 Å². The number of rotatable bonds is 6. The van der Waals surface area contributed by atoms with Gasteiger partial charge in [0.05, 0.1) is 16.4 Å². The van der Waals surface area contributed by atoms with Gasteiger partial charge in [-0.1, -0.05) is 30.3 Å². The Morgan fingerprint density at radius 3 is 2.30 bits per heavy atom. The summed E-state index contributed by atoms with van der Waals surface area (Å²) >= 11 is 0. The van der Waals surface area contributed by atoms with E-state index in [4.69, 9.17) is 0 Å². The van der Waals surface area contributed by atoms with Gasteiger partial charge in [0.25, 0.3) is 17.5 Å². The number of amides is 2. The summed E-state index contributed by atoms with van der Waals surface area (Å²) in [4.78, 5) is 35.5. The van der Waals surface area contributed by atoms with Gasteiger partial charge in [-0.2, -0.15) is 0 Å². The van der Waals surface area contributed by atoms with Gasteiger partial charge in [-0.15, -0.1) is 0 Å². The summed E-state index contributed by atoms with van der Waals surface area (Å²) in [5.74, 6) is -1.38. The summed E-state index contributed by atoms with van der Waals surface area (Å²) < 4.78 is 23.3. The number of sulfone groups is 1. The van der Waals surface area contributed by atoms with Crippen LogP contribution in [0.5, 0.6) is 0 Å². The highest BCUT2D eigenvalue weighted by Crippen LogP contribution is 2.14. The Balaban J connectivity index is 1.80. The second kappa shape index (κ2) is 8.87. The number of carbonyl (C=O) groups is 2. The second-order valence-corrected chi connectivity index (χ2v) is 9.03. The third-order valence-corrected chi connectivity index (χ3v) is 6.28. The van der Waals surface area contributed by atoms with Crippen molar-refractivity contribution < 1.29 is 22.9 Å². The number of benzene rings is 2. The molecule has 0 unspecified atom stereocenters. The number of non-ortho nitro benzene ring substituents is 1. The minimum atomic E-state index is -3.18. The van der Waals surface area contributed by atoms with Crippen LogP contribution >= 0.6 is 0 Å².